The summed E-state index contributed by atoms with van der Waals surface area (Å²) >= 11 is 0. The van der Waals surface area contributed by atoms with E-state index < -0.39 is 29.2 Å². The fourth-order valence-corrected chi connectivity index (χ4v) is 2.55. The number of hydrogen-bond acceptors (Lipinski definition) is 6. The Morgan fingerprint density at radius 2 is 1.79 bits per heavy atom. The topological polar surface area (TPSA) is 78.9 Å². The lowest BCUT2D eigenvalue weighted by molar-refractivity contribution is -0.259. The summed E-state index contributed by atoms with van der Waals surface area (Å²) in [4.78, 5) is 35.7. The minimum atomic E-state index is -1.55. The molecule has 0 aromatic carbocycles. The van der Waals surface area contributed by atoms with E-state index in [0.717, 1.165) is 0 Å². The zero-order chi connectivity index (χ0) is 14.4. The van der Waals surface area contributed by atoms with Crippen LogP contribution in [0.1, 0.15) is 27.7 Å². The van der Waals surface area contributed by atoms with Gasteiger partial charge in [0.25, 0.3) is 5.79 Å². The lowest BCUT2D eigenvalue weighted by atomic mass is 9.79. The summed E-state index contributed by atoms with van der Waals surface area (Å²) in [5.74, 6) is -5.34. The van der Waals surface area contributed by atoms with Gasteiger partial charge in [-0.05, 0) is 27.7 Å². The predicted octanol–water partition coefficient (Wildman–Crippen LogP) is 0.475. The Morgan fingerprint density at radius 1 is 1.16 bits per heavy atom. The summed E-state index contributed by atoms with van der Waals surface area (Å²) in [6.07, 6.45) is 0. The van der Waals surface area contributed by atoms with Gasteiger partial charge in [-0.2, -0.15) is 0 Å². The highest BCUT2D eigenvalue weighted by Crippen LogP contribution is 2.39. The standard InChI is InChI=1S/C13H18O6/c1-7(14)9-5-17-13(6-18-12(3,4)19-13)11(16)10(9)8(2)15/h9-10H,5-6H2,1-4H3/t9-,10+,13-/m0/s1. The first kappa shape index (κ1) is 14.3. The van der Waals surface area contributed by atoms with Gasteiger partial charge in [0, 0.05) is 0 Å². The van der Waals surface area contributed by atoms with Gasteiger partial charge in [-0.15, -0.1) is 0 Å². The highest BCUT2D eigenvalue weighted by molar-refractivity contribution is 6.08. The van der Waals surface area contributed by atoms with Crippen LogP contribution in [0.5, 0.6) is 0 Å². The summed E-state index contributed by atoms with van der Waals surface area (Å²) in [6, 6.07) is 0. The van der Waals surface area contributed by atoms with E-state index >= 15 is 0 Å². The summed E-state index contributed by atoms with van der Waals surface area (Å²) in [5.41, 5.74) is 0. The molecule has 2 heterocycles. The maximum Gasteiger partial charge on any atom is 0.256 e. The van der Waals surface area contributed by atoms with Crippen molar-refractivity contribution in [2.75, 3.05) is 13.2 Å². The molecule has 3 atom stereocenters. The van der Waals surface area contributed by atoms with Crippen molar-refractivity contribution in [3.8, 4) is 0 Å². The van der Waals surface area contributed by atoms with Gasteiger partial charge >= 0.3 is 0 Å². The zero-order valence-corrected chi connectivity index (χ0v) is 11.5. The molecular weight excluding hydrogens is 252 g/mol. The maximum atomic E-state index is 12.5. The Hall–Kier alpha value is -1.11. The molecule has 0 aromatic heterocycles. The molecule has 0 aromatic rings. The Bertz CT molecular complexity index is 440. The molecule has 2 rings (SSSR count). The van der Waals surface area contributed by atoms with Crippen LogP contribution in [-0.4, -0.2) is 42.1 Å². The summed E-state index contributed by atoms with van der Waals surface area (Å²) in [7, 11) is 0. The van der Waals surface area contributed by atoms with Crippen LogP contribution in [-0.2, 0) is 28.6 Å². The van der Waals surface area contributed by atoms with Crippen molar-refractivity contribution in [1.29, 1.82) is 0 Å². The summed E-state index contributed by atoms with van der Waals surface area (Å²) < 4.78 is 16.4. The molecule has 19 heavy (non-hydrogen) atoms. The normalized spacial score (nSPS) is 37.6. The molecule has 0 amide bonds. The third kappa shape index (κ3) is 2.35. The van der Waals surface area contributed by atoms with E-state index in [1.807, 2.05) is 0 Å². The molecule has 0 aliphatic carbocycles. The van der Waals surface area contributed by atoms with Crippen LogP contribution in [0.4, 0.5) is 0 Å². The first-order valence-electron chi connectivity index (χ1n) is 6.22. The molecule has 6 nitrogen and oxygen atoms in total. The van der Waals surface area contributed by atoms with E-state index in [9.17, 15) is 14.4 Å². The van der Waals surface area contributed by atoms with Crippen molar-refractivity contribution in [3.05, 3.63) is 0 Å². The lowest BCUT2D eigenvalue weighted by Gasteiger charge is -2.38. The monoisotopic (exact) mass is 270 g/mol. The molecule has 0 N–H and O–H groups in total. The van der Waals surface area contributed by atoms with Crippen LogP contribution in [0.3, 0.4) is 0 Å². The van der Waals surface area contributed by atoms with Crippen molar-refractivity contribution < 1.29 is 28.6 Å². The first-order chi connectivity index (χ1) is 8.68. The van der Waals surface area contributed by atoms with Crippen LogP contribution in [0.25, 0.3) is 0 Å². The van der Waals surface area contributed by atoms with E-state index in [0.29, 0.717) is 0 Å². The van der Waals surface area contributed by atoms with Gasteiger partial charge in [-0.1, -0.05) is 0 Å². The highest BCUT2D eigenvalue weighted by Gasteiger charge is 2.59. The first-order valence-corrected chi connectivity index (χ1v) is 6.22. The molecule has 1 spiro atoms. The summed E-state index contributed by atoms with van der Waals surface area (Å²) in [5, 5.41) is 0. The zero-order valence-electron chi connectivity index (χ0n) is 11.5. The van der Waals surface area contributed by atoms with E-state index in [2.05, 4.69) is 0 Å². The number of hydrogen-bond donors (Lipinski definition) is 0. The van der Waals surface area contributed by atoms with Crippen LogP contribution in [0, 0.1) is 11.8 Å². The minimum Gasteiger partial charge on any atom is -0.344 e. The van der Waals surface area contributed by atoms with E-state index in [-0.39, 0.29) is 24.8 Å². The second-order valence-corrected chi connectivity index (χ2v) is 5.52. The van der Waals surface area contributed by atoms with Crippen LogP contribution in [0.2, 0.25) is 0 Å². The van der Waals surface area contributed by atoms with Crippen LogP contribution >= 0.6 is 0 Å². The molecule has 0 radical (unpaired) electrons. The quantitative estimate of drug-likeness (QED) is 0.679. The van der Waals surface area contributed by atoms with E-state index in [1.165, 1.54) is 13.8 Å². The average molecular weight is 270 g/mol. The second-order valence-electron chi connectivity index (χ2n) is 5.52. The molecule has 2 aliphatic rings. The number of Topliss-reactive ketones (excluding diaryl/α,β-unsaturated/α-hetero) is 3. The number of carbonyl (C=O) groups excluding carboxylic acids is 3. The van der Waals surface area contributed by atoms with Crippen LogP contribution in [0.15, 0.2) is 0 Å². The van der Waals surface area contributed by atoms with Crippen molar-refractivity contribution in [2.24, 2.45) is 11.8 Å². The Labute approximate surface area is 111 Å². The molecule has 0 saturated carbocycles. The largest absolute Gasteiger partial charge is 0.344 e. The molecular formula is C13H18O6. The number of carbonyl (C=O) groups is 3. The van der Waals surface area contributed by atoms with Gasteiger partial charge < -0.3 is 14.2 Å². The Kier molecular flexibility index (Phi) is 3.36. The van der Waals surface area contributed by atoms with Crippen molar-refractivity contribution in [1.82, 2.24) is 0 Å². The van der Waals surface area contributed by atoms with Gasteiger partial charge in [0.2, 0.25) is 5.78 Å². The number of ether oxygens (including phenoxy) is 3. The van der Waals surface area contributed by atoms with Crippen molar-refractivity contribution in [2.45, 2.75) is 39.3 Å². The van der Waals surface area contributed by atoms with E-state index in [1.54, 1.807) is 13.8 Å². The molecule has 2 fully saturated rings. The second kappa shape index (κ2) is 4.47. The van der Waals surface area contributed by atoms with Crippen molar-refractivity contribution >= 4 is 17.3 Å². The Balaban J connectivity index is 2.31. The highest BCUT2D eigenvalue weighted by atomic mass is 16.8. The maximum absolute atomic E-state index is 12.5. The smallest absolute Gasteiger partial charge is 0.256 e. The number of rotatable bonds is 2. The SMILES string of the molecule is CC(=O)[C@H]1C(=O)[C@@]2(COC(C)(C)O2)OC[C@H]1C(C)=O. The Morgan fingerprint density at radius 3 is 2.21 bits per heavy atom. The van der Waals surface area contributed by atoms with Gasteiger partial charge in [0.1, 0.15) is 18.2 Å². The molecule has 0 unspecified atom stereocenters. The predicted molar refractivity (Wildman–Crippen MR) is 63.1 cm³/mol. The lowest BCUT2D eigenvalue weighted by Crippen LogP contribution is -2.58. The fraction of sp³-hybridized carbons (Fsp3) is 0.769. The van der Waals surface area contributed by atoms with Crippen LogP contribution < -0.4 is 0 Å². The minimum absolute atomic E-state index is 0.00917. The molecule has 2 aliphatic heterocycles. The molecule has 0 bridgehead atoms. The third-order valence-corrected chi connectivity index (χ3v) is 3.54. The van der Waals surface area contributed by atoms with E-state index in [4.69, 9.17) is 14.2 Å². The van der Waals surface area contributed by atoms with Gasteiger partial charge in [0.05, 0.1) is 18.4 Å². The molecule has 106 valence electrons. The fourth-order valence-electron chi connectivity index (χ4n) is 2.55. The number of ketones is 3. The summed E-state index contributed by atoms with van der Waals surface area (Å²) in [6.45, 7) is 5.91. The van der Waals surface area contributed by atoms with Gasteiger partial charge in [-0.3, -0.25) is 14.4 Å². The van der Waals surface area contributed by atoms with Gasteiger partial charge in [-0.25, -0.2) is 0 Å². The average Bonchev–Trinajstić information content (AvgIpc) is 2.58. The van der Waals surface area contributed by atoms with Gasteiger partial charge in [0.15, 0.2) is 5.79 Å². The molecule has 6 heteroatoms. The molecule has 2 saturated heterocycles. The van der Waals surface area contributed by atoms with Crippen molar-refractivity contribution in [3.63, 3.8) is 0 Å². The third-order valence-electron chi connectivity index (χ3n) is 3.54.